The highest BCUT2D eigenvalue weighted by molar-refractivity contribution is 5.97. The summed E-state index contributed by atoms with van der Waals surface area (Å²) in [5.41, 5.74) is 2.55. The van der Waals surface area contributed by atoms with Crippen molar-refractivity contribution in [2.75, 3.05) is 31.0 Å². The monoisotopic (exact) mass is 369 g/mol. The highest BCUT2D eigenvalue weighted by Crippen LogP contribution is 2.29. The average molecular weight is 369 g/mol. The van der Waals surface area contributed by atoms with E-state index in [0.29, 0.717) is 23.7 Å². The molecule has 2 aromatic rings. The van der Waals surface area contributed by atoms with Crippen LogP contribution < -0.4 is 25.0 Å². The van der Waals surface area contributed by atoms with Crippen molar-refractivity contribution in [3.8, 4) is 11.5 Å². The Balaban J connectivity index is 1.60. The first-order valence-corrected chi connectivity index (χ1v) is 8.66. The number of amides is 3. The Morgan fingerprint density at radius 1 is 1.07 bits per heavy atom. The van der Waals surface area contributed by atoms with Crippen molar-refractivity contribution >= 4 is 23.3 Å². The fourth-order valence-corrected chi connectivity index (χ4v) is 3.05. The minimum absolute atomic E-state index is 0.00438. The largest absolute Gasteiger partial charge is 0.493 e. The van der Waals surface area contributed by atoms with Crippen molar-refractivity contribution in [2.45, 2.75) is 19.4 Å². The molecular formula is C20H23N3O4. The van der Waals surface area contributed by atoms with Crippen LogP contribution in [-0.4, -0.2) is 38.7 Å². The average Bonchev–Trinajstić information content (AvgIpc) is 3.02. The number of methoxy groups -OCH3 is 2. The number of carbonyl (C=O) groups is 2. The third kappa shape index (κ3) is 4.31. The van der Waals surface area contributed by atoms with Gasteiger partial charge in [-0.3, -0.25) is 4.79 Å². The van der Waals surface area contributed by atoms with E-state index < -0.39 is 0 Å². The summed E-state index contributed by atoms with van der Waals surface area (Å²) < 4.78 is 10.4. The first-order valence-electron chi connectivity index (χ1n) is 8.66. The van der Waals surface area contributed by atoms with Crippen LogP contribution >= 0.6 is 0 Å². The molecule has 142 valence electrons. The molecule has 0 saturated carbocycles. The lowest BCUT2D eigenvalue weighted by atomic mass is 10.2. The van der Waals surface area contributed by atoms with E-state index in [1.165, 1.54) is 7.11 Å². The maximum Gasteiger partial charge on any atom is 0.319 e. The molecule has 0 aliphatic carbocycles. The molecule has 1 aliphatic heterocycles. The summed E-state index contributed by atoms with van der Waals surface area (Å²) in [6, 6.07) is 12.3. The summed E-state index contributed by atoms with van der Waals surface area (Å²) in [7, 11) is 3.08. The van der Waals surface area contributed by atoms with E-state index in [9.17, 15) is 9.59 Å². The van der Waals surface area contributed by atoms with E-state index in [1.807, 2.05) is 31.2 Å². The third-order valence-electron chi connectivity index (χ3n) is 4.45. The second-order valence-electron chi connectivity index (χ2n) is 6.41. The van der Waals surface area contributed by atoms with Crippen molar-refractivity contribution in [1.82, 2.24) is 5.32 Å². The number of ether oxygens (including phenoxy) is 2. The predicted molar refractivity (Wildman–Crippen MR) is 104 cm³/mol. The lowest BCUT2D eigenvalue weighted by Crippen LogP contribution is -2.39. The maximum atomic E-state index is 12.3. The molecule has 0 spiro atoms. The van der Waals surface area contributed by atoms with Gasteiger partial charge in [0.2, 0.25) is 5.91 Å². The number of nitrogens with zero attached hydrogens (tertiary/aromatic N) is 1. The zero-order chi connectivity index (χ0) is 19.4. The van der Waals surface area contributed by atoms with Crippen LogP contribution in [0.1, 0.15) is 12.0 Å². The third-order valence-corrected chi connectivity index (χ3v) is 4.45. The van der Waals surface area contributed by atoms with Gasteiger partial charge in [0.25, 0.3) is 0 Å². The summed E-state index contributed by atoms with van der Waals surface area (Å²) in [4.78, 5) is 26.3. The van der Waals surface area contributed by atoms with Crippen molar-refractivity contribution < 1.29 is 19.1 Å². The highest BCUT2D eigenvalue weighted by Gasteiger charge is 2.31. The summed E-state index contributed by atoms with van der Waals surface area (Å²) in [6.45, 7) is 2.44. The molecule has 0 radical (unpaired) electrons. The molecule has 1 aliphatic rings. The Hall–Kier alpha value is -3.22. The van der Waals surface area contributed by atoms with Gasteiger partial charge in [-0.2, -0.15) is 0 Å². The van der Waals surface area contributed by atoms with Gasteiger partial charge >= 0.3 is 6.03 Å². The number of rotatable bonds is 5. The topological polar surface area (TPSA) is 79.9 Å². The fourth-order valence-electron chi connectivity index (χ4n) is 3.05. The Bertz CT molecular complexity index is 836. The van der Waals surface area contributed by atoms with Crippen molar-refractivity contribution in [3.05, 3.63) is 48.0 Å². The summed E-state index contributed by atoms with van der Waals surface area (Å²) >= 11 is 0. The van der Waals surface area contributed by atoms with E-state index in [4.69, 9.17) is 9.47 Å². The van der Waals surface area contributed by atoms with Crippen LogP contribution in [0, 0.1) is 6.92 Å². The fraction of sp³-hybridized carbons (Fsp3) is 0.300. The molecule has 0 unspecified atom stereocenters. The number of nitrogens with one attached hydrogen (secondary N) is 2. The molecule has 7 heteroatoms. The molecule has 3 amide bonds. The SMILES string of the molecule is COc1ccc(NC(=O)N[C@H]2CC(=O)N(c3ccc(C)cc3)C2)cc1OC. The van der Waals surface area contributed by atoms with Gasteiger partial charge in [-0.05, 0) is 31.2 Å². The molecule has 3 rings (SSSR count). The summed E-state index contributed by atoms with van der Waals surface area (Å²) in [5, 5.41) is 5.61. The van der Waals surface area contributed by atoms with Gasteiger partial charge in [0, 0.05) is 30.4 Å². The Kier molecular flexibility index (Phi) is 5.49. The van der Waals surface area contributed by atoms with Gasteiger partial charge in [0.05, 0.1) is 20.3 Å². The van der Waals surface area contributed by atoms with Gasteiger partial charge in [-0.25, -0.2) is 4.79 Å². The first-order chi connectivity index (χ1) is 13.0. The molecule has 2 N–H and O–H groups in total. The van der Waals surface area contributed by atoms with Crippen molar-refractivity contribution in [1.29, 1.82) is 0 Å². The molecule has 2 aromatic carbocycles. The van der Waals surface area contributed by atoms with Crippen LogP contribution in [0.5, 0.6) is 11.5 Å². The summed E-state index contributed by atoms with van der Waals surface area (Å²) in [5.74, 6) is 1.10. The number of anilines is 2. The zero-order valence-electron chi connectivity index (χ0n) is 15.6. The lowest BCUT2D eigenvalue weighted by molar-refractivity contribution is -0.117. The molecule has 1 heterocycles. The standard InChI is InChI=1S/C20H23N3O4/c1-13-4-7-16(8-5-13)23-12-15(11-19(23)24)22-20(25)21-14-6-9-17(26-2)18(10-14)27-3/h4-10,15H,11-12H2,1-3H3,(H2,21,22,25)/t15-/m0/s1. The minimum Gasteiger partial charge on any atom is -0.493 e. The van der Waals surface area contributed by atoms with Gasteiger partial charge in [-0.15, -0.1) is 0 Å². The maximum absolute atomic E-state index is 12.3. The molecule has 27 heavy (non-hydrogen) atoms. The second-order valence-corrected chi connectivity index (χ2v) is 6.41. The van der Waals surface area contributed by atoms with Crippen LogP contribution in [0.2, 0.25) is 0 Å². The number of carbonyl (C=O) groups excluding carboxylic acids is 2. The van der Waals surface area contributed by atoms with Crippen LogP contribution in [0.3, 0.4) is 0 Å². The molecule has 1 saturated heterocycles. The van der Waals surface area contributed by atoms with Gasteiger partial charge < -0.3 is 25.0 Å². The number of hydrogen-bond acceptors (Lipinski definition) is 4. The van der Waals surface area contributed by atoms with E-state index in [1.54, 1.807) is 30.2 Å². The number of hydrogen-bond donors (Lipinski definition) is 2. The molecule has 1 atom stereocenters. The van der Waals surface area contributed by atoms with Crippen LogP contribution in [0.4, 0.5) is 16.2 Å². The first kappa shape index (κ1) is 18.6. The minimum atomic E-state index is -0.370. The van der Waals surface area contributed by atoms with Gasteiger partial charge in [-0.1, -0.05) is 17.7 Å². The van der Waals surface area contributed by atoms with Gasteiger partial charge in [0.1, 0.15) is 0 Å². The summed E-state index contributed by atoms with van der Waals surface area (Å²) in [6.07, 6.45) is 0.271. The lowest BCUT2D eigenvalue weighted by Gasteiger charge is -2.18. The quantitative estimate of drug-likeness (QED) is 0.849. The molecular weight excluding hydrogens is 346 g/mol. The van der Waals surface area contributed by atoms with Crippen molar-refractivity contribution in [2.24, 2.45) is 0 Å². The zero-order valence-corrected chi connectivity index (χ0v) is 15.6. The van der Waals surface area contributed by atoms with Crippen molar-refractivity contribution in [3.63, 3.8) is 0 Å². The molecule has 7 nitrogen and oxygen atoms in total. The van der Waals surface area contributed by atoms with Gasteiger partial charge in [0.15, 0.2) is 11.5 Å². The number of urea groups is 1. The Labute approximate surface area is 158 Å². The van der Waals surface area contributed by atoms with E-state index >= 15 is 0 Å². The second kappa shape index (κ2) is 7.99. The molecule has 1 fully saturated rings. The van der Waals surface area contributed by atoms with Crippen LogP contribution in [-0.2, 0) is 4.79 Å². The molecule has 0 aromatic heterocycles. The Morgan fingerprint density at radius 3 is 2.44 bits per heavy atom. The van der Waals surface area contributed by atoms with Crippen LogP contribution in [0.15, 0.2) is 42.5 Å². The molecule has 0 bridgehead atoms. The van der Waals surface area contributed by atoms with E-state index in [0.717, 1.165) is 11.3 Å². The Morgan fingerprint density at radius 2 is 1.78 bits per heavy atom. The van der Waals surface area contributed by atoms with E-state index in [2.05, 4.69) is 10.6 Å². The predicted octanol–water partition coefficient (Wildman–Crippen LogP) is 2.94. The number of aryl methyl sites for hydroxylation is 1. The normalized spacial score (nSPS) is 16.2. The smallest absolute Gasteiger partial charge is 0.319 e. The highest BCUT2D eigenvalue weighted by atomic mass is 16.5. The van der Waals surface area contributed by atoms with E-state index in [-0.39, 0.29) is 24.4 Å². The number of benzene rings is 2. The van der Waals surface area contributed by atoms with Crippen LogP contribution in [0.25, 0.3) is 0 Å².